The number of aryl methyl sites for hydroxylation is 1. The molecule has 0 aliphatic carbocycles. The standard InChI is InChI=1S/C61H80N10O6S/c1-40-56(78-39-64-40)44-23-21-42(22-24-44)35-63-59(76)52-33-48(72)38-70(52)60(77)57(61(2,3)4)65-54(74)19-10-8-6-5-7-9-11-20-55(75)68-29-27-41(28-30-68)31-43-15-14-16-45(32-43)71-46-25-26-47(71)37-69(36-46)51-34-50(66-67-58(51)62)49-17-12-13-18-53(49)73/h12-18,21-24,32,34,39,41,46-48,52,57,72-73H,5-11,19-20,25-31,33,35-38H2,1-4H3,(H2,62,67)(H,63,76)(H,65,74)/t46?,47?,48-,52-,57?/m0/s1. The maximum atomic E-state index is 14.1. The summed E-state index contributed by atoms with van der Waals surface area (Å²) in [6.45, 7) is 11.3. The number of aliphatic hydroxyl groups excluding tert-OH is 1. The van der Waals surface area contributed by atoms with Gasteiger partial charge in [-0.05, 0) is 110 Å². The van der Waals surface area contributed by atoms with Crippen molar-refractivity contribution in [2.24, 2.45) is 11.3 Å². The van der Waals surface area contributed by atoms with Crippen LogP contribution in [0.5, 0.6) is 5.75 Å². The van der Waals surface area contributed by atoms with Crippen LogP contribution in [0.3, 0.4) is 0 Å². The van der Waals surface area contributed by atoms with Crippen LogP contribution in [0.15, 0.2) is 84.4 Å². The van der Waals surface area contributed by atoms with Crippen LogP contribution in [0.4, 0.5) is 17.2 Å². The molecular formula is C61H80N10O6S. The van der Waals surface area contributed by atoms with Crippen LogP contribution in [0.2, 0.25) is 0 Å². The number of hydrogen-bond donors (Lipinski definition) is 5. The van der Waals surface area contributed by atoms with Crippen molar-refractivity contribution in [3.63, 3.8) is 0 Å². The van der Waals surface area contributed by atoms with E-state index in [-0.39, 0.29) is 48.9 Å². The average Bonchev–Trinajstić information content (AvgIpc) is 4.30. The second-order valence-corrected chi connectivity index (χ2v) is 24.2. The van der Waals surface area contributed by atoms with Crippen LogP contribution in [-0.4, -0.2) is 122 Å². The Morgan fingerprint density at radius 2 is 1.50 bits per heavy atom. The first-order chi connectivity index (χ1) is 37.6. The molecule has 4 saturated heterocycles. The van der Waals surface area contributed by atoms with Gasteiger partial charge in [-0.25, -0.2) is 4.98 Å². The Morgan fingerprint density at radius 3 is 2.18 bits per heavy atom. The number of aromatic hydroxyl groups is 1. The molecule has 6 heterocycles. The van der Waals surface area contributed by atoms with E-state index in [9.17, 15) is 29.4 Å². The van der Waals surface area contributed by atoms with Crippen molar-refractivity contribution in [2.45, 2.75) is 161 Å². The molecule has 4 amide bonds. The molecule has 2 bridgehead atoms. The molecule has 4 aliphatic heterocycles. The summed E-state index contributed by atoms with van der Waals surface area (Å²) in [7, 11) is 0. The van der Waals surface area contributed by atoms with Gasteiger partial charge < -0.3 is 46.2 Å². The predicted octanol–water partition coefficient (Wildman–Crippen LogP) is 8.82. The van der Waals surface area contributed by atoms with Gasteiger partial charge in [0, 0.05) is 81.9 Å². The molecule has 2 aromatic heterocycles. The number of piperazine rings is 1. The lowest BCUT2D eigenvalue weighted by atomic mass is 9.85. The maximum Gasteiger partial charge on any atom is 0.246 e. The monoisotopic (exact) mass is 1080 g/mol. The fraction of sp³-hybridized carbons (Fsp3) is 0.525. The van der Waals surface area contributed by atoms with Gasteiger partial charge in [-0.3, -0.25) is 19.2 Å². The zero-order valence-electron chi connectivity index (χ0n) is 46.0. The van der Waals surface area contributed by atoms with Gasteiger partial charge in [0.1, 0.15) is 17.8 Å². The molecule has 0 saturated carbocycles. The van der Waals surface area contributed by atoms with E-state index in [1.54, 1.807) is 23.5 Å². The molecule has 16 nitrogen and oxygen atoms in total. The normalized spacial score (nSPS) is 20.0. The van der Waals surface area contributed by atoms with E-state index in [0.29, 0.717) is 54.3 Å². The van der Waals surface area contributed by atoms with Crippen molar-refractivity contribution in [3.8, 4) is 27.4 Å². The van der Waals surface area contributed by atoms with Crippen molar-refractivity contribution in [1.29, 1.82) is 0 Å². The highest BCUT2D eigenvalue weighted by Gasteiger charge is 2.45. The minimum atomic E-state index is -0.853. The van der Waals surface area contributed by atoms with Gasteiger partial charge in [0.25, 0.3) is 0 Å². The lowest BCUT2D eigenvalue weighted by molar-refractivity contribution is -0.144. The zero-order valence-corrected chi connectivity index (χ0v) is 46.9. The summed E-state index contributed by atoms with van der Waals surface area (Å²) < 4.78 is 0. The highest BCUT2D eigenvalue weighted by molar-refractivity contribution is 7.13. The molecule has 3 aromatic carbocycles. The molecule has 0 radical (unpaired) electrons. The molecule has 6 N–H and O–H groups in total. The van der Waals surface area contributed by atoms with Crippen molar-refractivity contribution in [1.82, 2.24) is 35.6 Å². The molecule has 5 aromatic rings. The van der Waals surface area contributed by atoms with Crippen molar-refractivity contribution >= 4 is 52.2 Å². The second kappa shape index (κ2) is 25.5. The number of thiazole rings is 1. The SMILES string of the molecule is Cc1ncsc1-c1ccc(CNC(=O)[C@@H]2C[C@H](O)CN2C(=O)C(NC(=O)CCCCCCCCCC(=O)N2CCC(Cc3cccc(N4C5CCC4CN(c4cc(-c6ccccc6O)nnc4N)C5)c3)CC2)C(C)(C)C)cc1. The van der Waals surface area contributed by atoms with Gasteiger partial charge in [0.15, 0.2) is 5.82 Å². The fourth-order valence-electron chi connectivity index (χ4n) is 12.2. The number of β-amino-alcohol motifs (C(OH)–C–C–N with tert-alkyl or cyclic N) is 1. The third kappa shape index (κ3) is 13.8. The molecule has 5 atom stereocenters. The molecule has 0 spiro atoms. The number of phenols is 1. The average molecular weight is 1080 g/mol. The van der Waals surface area contributed by atoms with Gasteiger partial charge >= 0.3 is 0 Å². The molecule has 4 aliphatic rings. The number of piperidine rings is 1. The van der Waals surface area contributed by atoms with Gasteiger partial charge in [-0.2, -0.15) is 0 Å². The zero-order chi connectivity index (χ0) is 54.9. The number of nitrogens with one attached hydrogen (secondary N) is 2. The highest BCUT2D eigenvalue weighted by atomic mass is 32.1. The lowest BCUT2D eigenvalue weighted by Crippen LogP contribution is -2.57. The van der Waals surface area contributed by atoms with E-state index < -0.39 is 23.6 Å². The fourth-order valence-corrected chi connectivity index (χ4v) is 13.0. The van der Waals surface area contributed by atoms with E-state index in [1.807, 2.05) is 75.7 Å². The number of amides is 4. The number of hydrogen-bond acceptors (Lipinski definition) is 13. The van der Waals surface area contributed by atoms with Crippen LogP contribution < -0.4 is 26.2 Å². The lowest BCUT2D eigenvalue weighted by Gasteiger charge is -2.43. The van der Waals surface area contributed by atoms with Crippen LogP contribution in [0.25, 0.3) is 21.7 Å². The summed E-state index contributed by atoms with van der Waals surface area (Å²) >= 11 is 1.59. The smallest absolute Gasteiger partial charge is 0.246 e. The molecule has 416 valence electrons. The Hall–Kier alpha value is -6.59. The summed E-state index contributed by atoms with van der Waals surface area (Å²) in [5.41, 5.74) is 15.3. The Labute approximate surface area is 464 Å². The van der Waals surface area contributed by atoms with Crippen molar-refractivity contribution < 1.29 is 29.4 Å². The summed E-state index contributed by atoms with van der Waals surface area (Å²) in [6, 6.07) is 25.2. The van der Waals surface area contributed by atoms with Gasteiger partial charge in [0.05, 0.1) is 33.6 Å². The van der Waals surface area contributed by atoms with Crippen LogP contribution in [0.1, 0.15) is 127 Å². The molecule has 78 heavy (non-hydrogen) atoms. The third-order valence-electron chi connectivity index (χ3n) is 16.5. The number of aromatic nitrogens is 3. The first-order valence-electron chi connectivity index (χ1n) is 28.5. The number of likely N-dealkylation sites (tertiary alicyclic amines) is 2. The number of fused-ring (bicyclic) bond motifs is 2. The largest absolute Gasteiger partial charge is 0.507 e. The van der Waals surface area contributed by atoms with Crippen LogP contribution in [0, 0.1) is 18.3 Å². The van der Waals surface area contributed by atoms with Gasteiger partial charge in [-0.15, -0.1) is 21.5 Å². The summed E-state index contributed by atoms with van der Waals surface area (Å²) in [6.07, 6.45) is 12.1. The number of nitrogens with zero attached hydrogens (tertiary/aromatic N) is 7. The summed E-state index contributed by atoms with van der Waals surface area (Å²) in [5.74, 6) is 0.500. The number of para-hydroxylation sites is 1. The molecule has 17 heteroatoms. The number of benzene rings is 3. The first-order valence-corrected chi connectivity index (χ1v) is 29.3. The number of rotatable bonds is 21. The number of aliphatic hydroxyl groups is 1. The number of carbonyl (C=O) groups is 4. The van der Waals surface area contributed by atoms with Crippen LogP contribution in [-0.2, 0) is 32.1 Å². The minimum Gasteiger partial charge on any atom is -0.507 e. The number of anilines is 3. The van der Waals surface area contributed by atoms with E-state index in [1.165, 1.54) is 16.2 Å². The van der Waals surface area contributed by atoms with Crippen LogP contribution >= 0.6 is 11.3 Å². The van der Waals surface area contributed by atoms with Crippen molar-refractivity contribution in [3.05, 3.63) is 101 Å². The maximum absolute atomic E-state index is 14.1. The molecule has 3 unspecified atom stereocenters. The Bertz CT molecular complexity index is 2850. The molecule has 9 rings (SSSR count). The molecular weight excluding hydrogens is 1000 g/mol. The van der Waals surface area contributed by atoms with Gasteiger partial charge in [-0.1, -0.05) is 101 Å². The predicted molar refractivity (Wildman–Crippen MR) is 308 cm³/mol. The first kappa shape index (κ1) is 56.1. The van der Waals surface area contributed by atoms with Gasteiger partial charge in [0.2, 0.25) is 23.6 Å². The number of nitrogens with two attached hydrogens (primary N) is 1. The quantitative estimate of drug-likeness (QED) is 0.0437. The molecule has 4 fully saturated rings. The highest BCUT2D eigenvalue weighted by Crippen LogP contribution is 2.40. The Kier molecular flexibility index (Phi) is 18.3. The van der Waals surface area contributed by atoms with E-state index in [2.05, 4.69) is 64.8 Å². The Morgan fingerprint density at radius 1 is 0.808 bits per heavy atom. The topological polar surface area (TPSA) is 210 Å². The number of phenolic OH excluding ortho intramolecular Hbond substituents is 1. The van der Waals surface area contributed by atoms with E-state index in [0.717, 1.165) is 124 Å². The third-order valence-corrected chi connectivity index (χ3v) is 17.5. The summed E-state index contributed by atoms with van der Waals surface area (Å²) in [5, 5.41) is 35.6. The van der Waals surface area contributed by atoms with Crippen molar-refractivity contribution in [2.75, 3.05) is 48.3 Å². The Balaban J connectivity index is 0.637. The second-order valence-electron chi connectivity index (χ2n) is 23.3. The number of carbonyl (C=O) groups excluding carboxylic acids is 4. The van der Waals surface area contributed by atoms with E-state index in [4.69, 9.17) is 5.73 Å². The van der Waals surface area contributed by atoms with E-state index >= 15 is 0 Å². The minimum absolute atomic E-state index is 0.0329. The number of unbranched alkanes of at least 4 members (excludes halogenated alkanes) is 6. The number of nitrogen functional groups attached to an aromatic ring is 1. The summed E-state index contributed by atoms with van der Waals surface area (Å²) in [4.78, 5) is 68.0.